The summed E-state index contributed by atoms with van der Waals surface area (Å²) in [7, 11) is -2.82. The lowest BCUT2D eigenvalue weighted by molar-refractivity contribution is -0.115. The fourth-order valence-electron chi connectivity index (χ4n) is 15.5. The van der Waals surface area contributed by atoms with Crippen molar-refractivity contribution in [3.8, 4) is 59.2 Å². The maximum Gasteiger partial charge on any atom is 0.338 e. The Bertz CT molecular complexity index is 6910. The molecule has 1 aromatic heterocycles. The van der Waals surface area contributed by atoms with Gasteiger partial charge in [-0.15, -0.1) is 35.3 Å². The predicted octanol–water partition coefficient (Wildman–Crippen LogP) is 21.3. The lowest BCUT2D eigenvalue weighted by atomic mass is 9.81. The first-order valence-electron chi connectivity index (χ1n) is 45.1. The Hall–Kier alpha value is -13.0. The largest absolute Gasteiger partial charge is 0.465 e. The topological polar surface area (TPSA) is 289 Å². The molecule has 0 aliphatic carbocycles. The van der Waals surface area contributed by atoms with E-state index >= 15 is 0 Å². The molecule has 25 heteroatoms. The number of aryl methyl sites for hydroxylation is 1. The molecule has 5 aliphatic heterocycles. The smallest absolute Gasteiger partial charge is 0.338 e. The minimum absolute atomic E-state index is 0.0458. The van der Waals surface area contributed by atoms with E-state index in [1.807, 2.05) is 84.7 Å². The van der Waals surface area contributed by atoms with Crippen LogP contribution in [0.15, 0.2) is 201 Å². The van der Waals surface area contributed by atoms with Gasteiger partial charge in [0.1, 0.15) is 0 Å². The molecule has 5 aliphatic rings. The SMILES string of the molecule is CC(=O)Nc1cc(C(C)=O)ccc1C#Cc1ccc2c(c1)C(C)(C)CCS2.CCOC(=O)c1ccc(C#Cc2ccc3c(c2)C(C)(C)CCS3)c(NC(C)=O)c1.CCOC(=O)c1ccc(C#Cc2ccc3c(c2)C(C)(C)CCS3=O)c(NC(C)=O)c1.COC(=O)c1ccc(C#Cc2ccc3c(c2)C(C)(C)CCS3)c(NC(C)=O)c1.Cc1cnc(C#Cc2ccc3c(c2)C(C)(C)CCS3(=O)=O)nc1. The number of nitrogens with zero attached hydrogens (tertiary/aromatic N) is 2. The Morgan fingerprint density at radius 1 is 0.387 bits per heavy atom. The number of thioether (sulfide) groups is 3. The zero-order chi connectivity index (χ0) is 99.5. The third kappa shape index (κ3) is 28.1. The molecule has 0 bridgehead atoms. The van der Waals surface area contributed by atoms with Gasteiger partial charge in [0.05, 0.1) is 81.2 Å². The van der Waals surface area contributed by atoms with E-state index in [4.69, 9.17) is 14.2 Å². The Morgan fingerprint density at radius 2 is 0.708 bits per heavy atom. The second-order valence-corrected chi connectivity index (χ2v) is 43.8. The van der Waals surface area contributed by atoms with Crippen LogP contribution in [0.5, 0.6) is 0 Å². The number of carbonyl (C=O) groups excluding carboxylic acids is 8. The van der Waals surface area contributed by atoms with E-state index in [0.29, 0.717) is 96.8 Å². The highest BCUT2D eigenvalue weighted by Crippen LogP contribution is 2.46. The van der Waals surface area contributed by atoms with Crippen molar-refractivity contribution >= 4 is 126 Å². The number of rotatable bonds is 10. The highest BCUT2D eigenvalue weighted by atomic mass is 32.2. The molecule has 9 aromatic carbocycles. The van der Waals surface area contributed by atoms with Crippen LogP contribution in [0.4, 0.5) is 22.7 Å². The van der Waals surface area contributed by atoms with Crippen molar-refractivity contribution in [3.63, 3.8) is 0 Å². The Balaban J connectivity index is 0.000000165. The van der Waals surface area contributed by atoms with E-state index in [1.54, 1.807) is 111 Å². The van der Waals surface area contributed by atoms with Crippen LogP contribution in [0.1, 0.15) is 281 Å². The van der Waals surface area contributed by atoms with Crippen molar-refractivity contribution < 1.29 is 65.2 Å². The number of methoxy groups -OCH3 is 1. The average molecular weight is 1930 g/mol. The van der Waals surface area contributed by atoms with Gasteiger partial charge in [0.25, 0.3) is 0 Å². The number of hydrogen-bond donors (Lipinski definition) is 4. The summed E-state index contributed by atoms with van der Waals surface area (Å²) in [6, 6.07) is 50.2. The molecule has 706 valence electrons. The van der Waals surface area contributed by atoms with Crippen molar-refractivity contribution in [3.05, 3.63) is 288 Å². The molecule has 0 saturated carbocycles. The number of esters is 3. The number of anilines is 4. The number of ketones is 1. The molecule has 1 unspecified atom stereocenters. The van der Waals surface area contributed by atoms with Crippen LogP contribution in [0.3, 0.4) is 0 Å². The number of carbonyl (C=O) groups is 8. The van der Waals surface area contributed by atoms with Gasteiger partial charge in [-0.25, -0.2) is 32.8 Å². The monoisotopic (exact) mass is 1930 g/mol. The maximum atomic E-state index is 12.3. The summed E-state index contributed by atoms with van der Waals surface area (Å²) in [5.41, 5.74) is 17.8. The third-order valence-corrected chi connectivity index (χ3v) is 30.0. The number of hydrogen-bond acceptors (Lipinski definition) is 19. The first-order valence-corrected chi connectivity index (χ1v) is 51.0. The number of ether oxygens (including phenoxy) is 3. The van der Waals surface area contributed by atoms with Gasteiger partial charge < -0.3 is 35.5 Å². The number of Topliss-reactive ketones (excluding diaryl/α,β-unsaturated/α-hetero) is 1. The summed E-state index contributed by atoms with van der Waals surface area (Å²) in [6.07, 6.45) is 8.37. The summed E-state index contributed by atoms with van der Waals surface area (Å²) in [5.74, 6) is 33.7. The number of benzene rings is 9. The van der Waals surface area contributed by atoms with Gasteiger partial charge in [0, 0.05) is 121 Å². The van der Waals surface area contributed by atoms with Gasteiger partial charge in [-0.2, -0.15) is 0 Å². The fraction of sp³-hybridized carbons (Fsp3) is 0.321. The molecule has 15 rings (SSSR count). The molecule has 137 heavy (non-hydrogen) atoms. The quantitative estimate of drug-likeness (QED) is 0.0428. The van der Waals surface area contributed by atoms with Crippen molar-refractivity contribution in [1.29, 1.82) is 0 Å². The Kier molecular flexibility index (Phi) is 34.9. The molecule has 4 amide bonds. The fourth-order valence-corrected chi connectivity index (χ4v) is 23.6. The molecule has 6 heterocycles. The molecule has 0 spiro atoms. The molecule has 0 fully saturated rings. The van der Waals surface area contributed by atoms with E-state index in [2.05, 4.69) is 196 Å². The zero-order valence-corrected chi connectivity index (χ0v) is 85.0. The molecule has 1 atom stereocenters. The van der Waals surface area contributed by atoms with Gasteiger partial charge in [-0.05, 0) is 301 Å². The number of sulfone groups is 1. The van der Waals surface area contributed by atoms with Crippen molar-refractivity contribution in [2.24, 2.45) is 0 Å². The molecule has 0 radical (unpaired) electrons. The first-order chi connectivity index (χ1) is 64.8. The molecule has 0 saturated heterocycles. The van der Waals surface area contributed by atoms with Gasteiger partial charge in [-0.1, -0.05) is 129 Å². The van der Waals surface area contributed by atoms with Crippen LogP contribution >= 0.6 is 35.3 Å². The van der Waals surface area contributed by atoms with Crippen molar-refractivity contribution in [2.45, 2.75) is 208 Å². The number of amides is 4. The highest BCUT2D eigenvalue weighted by molar-refractivity contribution is 8.00. The maximum absolute atomic E-state index is 12.3. The average Bonchev–Trinajstić information content (AvgIpc) is 0.761. The van der Waals surface area contributed by atoms with Crippen LogP contribution < -0.4 is 21.3 Å². The summed E-state index contributed by atoms with van der Waals surface area (Å²) in [5, 5.41) is 11.0. The minimum Gasteiger partial charge on any atom is -0.465 e. The minimum atomic E-state index is -3.17. The van der Waals surface area contributed by atoms with Crippen LogP contribution in [0.2, 0.25) is 0 Å². The third-order valence-electron chi connectivity index (χ3n) is 23.6. The van der Waals surface area contributed by atoms with E-state index in [-0.39, 0.29) is 68.8 Å². The predicted molar refractivity (Wildman–Crippen MR) is 549 cm³/mol. The lowest BCUT2D eigenvalue weighted by Gasteiger charge is -2.32. The Morgan fingerprint density at radius 3 is 1.07 bits per heavy atom. The molecule has 10 aromatic rings. The van der Waals surface area contributed by atoms with Crippen molar-refractivity contribution in [2.75, 3.05) is 70.4 Å². The summed E-state index contributed by atoms with van der Waals surface area (Å²) < 4.78 is 51.6. The van der Waals surface area contributed by atoms with E-state index in [0.717, 1.165) is 92.3 Å². The standard InChI is InChI=1S/C24H25NO4S.C24H25NO3S.C23H23NO3S.C23H23NO2S.C18H18N2O2S/c1-5-29-23(27)19-10-9-18(21(15-19)25-16(2)26)8-6-17-7-11-22-20(14-17)24(3,4)12-13-30(22)28;1-5-28-23(27)19-10-9-18(21(15-19)25-16(2)26)8-6-17-7-11-22-20(14-17)24(3,4)12-13-29-22;1-15(25)24-20-14-18(22(26)27-4)9-8-17(20)7-5-16-6-10-21-19(13-16)23(2,3)11-12-28-21;1-15(25)19-9-8-18(21(14-19)24-16(2)26)7-5-17-6-10-22-20(13-17)23(3,4)11-12-27-22;1-13-11-19-17(20-12-13)7-5-14-4-6-16-15(10-14)18(2,3)8-9-23(16,21)22/h7,9-11,14-15H,5,12-13H2,1-4H3,(H,25,26);7,9-11,14-15H,5,12-13H2,1-4H3,(H,25,26);6,8-10,13-14H,11-12H2,1-4H3,(H,24,25);6,8-10,13-14H,11-12H2,1-4H3,(H,24,26);4,6,10-12H,8-9H2,1-3H3. The molecule has 20 nitrogen and oxygen atoms in total. The van der Waals surface area contributed by atoms with E-state index in [1.165, 1.54) is 73.1 Å². The van der Waals surface area contributed by atoms with Gasteiger partial charge in [0.15, 0.2) is 15.6 Å². The van der Waals surface area contributed by atoms with Gasteiger partial charge >= 0.3 is 17.9 Å². The second kappa shape index (κ2) is 45.7. The van der Waals surface area contributed by atoms with Crippen molar-refractivity contribution in [1.82, 2.24) is 9.97 Å². The Labute approximate surface area is 820 Å². The van der Waals surface area contributed by atoms with Gasteiger partial charge in [-0.3, -0.25) is 28.2 Å². The first kappa shape index (κ1) is 104. The second-order valence-electron chi connectivity index (χ2n) is 36.7. The highest BCUT2D eigenvalue weighted by Gasteiger charge is 2.37. The van der Waals surface area contributed by atoms with Crippen LogP contribution in [-0.2, 0) is 81.1 Å². The summed E-state index contributed by atoms with van der Waals surface area (Å²) in [6.45, 7) is 35.3. The van der Waals surface area contributed by atoms with E-state index < -0.39 is 38.5 Å². The summed E-state index contributed by atoms with van der Waals surface area (Å²) >= 11 is 5.68. The van der Waals surface area contributed by atoms with Crippen LogP contribution in [0, 0.1) is 66.1 Å². The number of nitrogens with one attached hydrogen (secondary N) is 4. The zero-order valence-electron chi connectivity index (χ0n) is 80.9. The lowest BCUT2D eigenvalue weighted by Crippen LogP contribution is -2.30. The molecular formula is C112H114N6O14S5. The normalized spacial score (nSPS) is 15.4. The van der Waals surface area contributed by atoms with Crippen LogP contribution in [0.25, 0.3) is 0 Å². The number of aromatic nitrogens is 2. The molecular weight excluding hydrogens is 1810 g/mol. The van der Waals surface area contributed by atoms with Gasteiger partial charge in [0.2, 0.25) is 29.5 Å². The van der Waals surface area contributed by atoms with Crippen LogP contribution in [-0.4, -0.2) is 119 Å². The summed E-state index contributed by atoms with van der Waals surface area (Å²) in [4.78, 5) is 107. The van der Waals surface area contributed by atoms with E-state index in [9.17, 15) is 51.0 Å². The molecule has 4 N–H and O–H groups in total. The number of fused-ring (bicyclic) bond motifs is 5.